The van der Waals surface area contributed by atoms with Crippen molar-refractivity contribution in [2.24, 2.45) is 0 Å². The molecule has 1 N–H and O–H groups in total. The number of likely N-dealkylation sites (N-methyl/N-ethyl adjacent to an activating group) is 1. The zero-order valence-corrected chi connectivity index (χ0v) is 43.2. The summed E-state index contributed by atoms with van der Waals surface area (Å²) in [7, 11) is 1.45. The third-order valence-electron chi connectivity index (χ3n) is 11.3. The summed E-state index contributed by atoms with van der Waals surface area (Å²) in [5, 5.41) is 0. The summed E-state index contributed by atoms with van der Waals surface area (Å²) in [5.41, 5.74) is 0. The van der Waals surface area contributed by atoms with Gasteiger partial charge in [-0.3, -0.25) is 18.6 Å². The van der Waals surface area contributed by atoms with Crippen LogP contribution in [0.1, 0.15) is 232 Å². The van der Waals surface area contributed by atoms with Crippen LogP contribution in [-0.2, 0) is 32.7 Å². The summed E-state index contributed by atoms with van der Waals surface area (Å²) in [6, 6.07) is 0. The van der Waals surface area contributed by atoms with E-state index < -0.39 is 32.5 Å². The van der Waals surface area contributed by atoms with Crippen LogP contribution in [0.2, 0.25) is 0 Å². The second-order valence-corrected chi connectivity index (χ2v) is 20.3. The van der Waals surface area contributed by atoms with Gasteiger partial charge < -0.3 is 18.9 Å². The number of hydrogen-bond donors (Lipinski definition) is 1. The van der Waals surface area contributed by atoms with Crippen LogP contribution in [0, 0.1) is 0 Å². The Morgan fingerprint density at radius 3 is 1.38 bits per heavy atom. The summed E-state index contributed by atoms with van der Waals surface area (Å²) < 4.78 is 34.4. The first-order valence-corrected chi connectivity index (χ1v) is 27.9. The lowest BCUT2D eigenvalue weighted by molar-refractivity contribution is -0.870. The molecule has 0 fully saturated rings. The number of allylic oxidation sites excluding steroid dienone is 8. The molecule has 0 saturated carbocycles. The number of phosphoric acid groups is 1. The Bertz CT molecular complexity index is 1230. The number of ether oxygens (including phenoxy) is 2. The molecule has 64 heavy (non-hydrogen) atoms. The van der Waals surface area contributed by atoms with E-state index in [1.54, 1.807) is 0 Å². The Balaban J connectivity index is 4.28. The van der Waals surface area contributed by atoms with Crippen LogP contribution >= 0.6 is 7.82 Å². The SMILES string of the molecule is CCCCC/C=C/C/C=C/CCCCCCCCCC(=O)O[C@@H](COC(=O)CCC/C=C/CC/C=C/CCCCCCCCCCCCCCCC)COP(=O)(O)OCC[N+](C)(C)C. The van der Waals surface area contributed by atoms with Gasteiger partial charge in [0.05, 0.1) is 27.7 Å². The van der Waals surface area contributed by atoms with Crippen molar-refractivity contribution in [1.82, 2.24) is 0 Å². The summed E-state index contributed by atoms with van der Waals surface area (Å²) in [6.07, 6.45) is 56.1. The van der Waals surface area contributed by atoms with Crippen molar-refractivity contribution in [3.05, 3.63) is 48.6 Å². The van der Waals surface area contributed by atoms with Gasteiger partial charge in [0.25, 0.3) is 0 Å². The zero-order valence-electron chi connectivity index (χ0n) is 42.3. The van der Waals surface area contributed by atoms with Crippen LogP contribution in [-0.4, -0.2) is 74.9 Å². The first kappa shape index (κ1) is 62.0. The fraction of sp³-hybridized carbons (Fsp3) is 0.815. The molecule has 0 radical (unpaired) electrons. The molecule has 0 aliphatic carbocycles. The van der Waals surface area contributed by atoms with Crippen LogP contribution in [0.25, 0.3) is 0 Å². The molecule has 0 aromatic rings. The number of unbranched alkanes of at least 4 members (excludes halogenated alkanes) is 26. The highest BCUT2D eigenvalue weighted by Gasteiger charge is 2.27. The molecule has 0 amide bonds. The topological polar surface area (TPSA) is 108 Å². The number of hydrogen-bond acceptors (Lipinski definition) is 7. The maximum absolute atomic E-state index is 12.7. The van der Waals surface area contributed by atoms with Gasteiger partial charge in [-0.05, 0) is 77.0 Å². The van der Waals surface area contributed by atoms with Crippen molar-refractivity contribution in [3.8, 4) is 0 Å². The molecule has 1 unspecified atom stereocenters. The van der Waals surface area contributed by atoms with Crippen molar-refractivity contribution < 1.29 is 42.1 Å². The number of carbonyl (C=O) groups is 2. The van der Waals surface area contributed by atoms with E-state index >= 15 is 0 Å². The van der Waals surface area contributed by atoms with Gasteiger partial charge in [-0.1, -0.05) is 191 Å². The minimum atomic E-state index is -4.39. The highest BCUT2D eigenvalue weighted by atomic mass is 31.2. The number of nitrogens with zero attached hydrogens (tertiary/aromatic N) is 1. The average Bonchev–Trinajstić information content (AvgIpc) is 3.25. The molecule has 0 aromatic heterocycles. The Kier molecular flexibility index (Phi) is 44.6. The van der Waals surface area contributed by atoms with Crippen molar-refractivity contribution in [2.45, 2.75) is 238 Å². The molecule has 0 rings (SSSR count). The maximum Gasteiger partial charge on any atom is 0.472 e. The lowest BCUT2D eigenvalue weighted by atomic mass is 10.0. The first-order valence-electron chi connectivity index (χ1n) is 26.4. The smallest absolute Gasteiger partial charge is 0.462 e. The molecule has 0 heterocycles. The molecule has 374 valence electrons. The van der Waals surface area contributed by atoms with Gasteiger partial charge >= 0.3 is 19.8 Å². The normalized spacial score (nSPS) is 13.8. The Morgan fingerprint density at radius 1 is 0.484 bits per heavy atom. The number of rotatable bonds is 48. The number of quaternary nitrogens is 1. The third kappa shape index (κ3) is 49.4. The van der Waals surface area contributed by atoms with Crippen molar-refractivity contribution >= 4 is 19.8 Å². The summed E-state index contributed by atoms with van der Waals surface area (Å²) in [5.74, 6) is -0.852. The van der Waals surface area contributed by atoms with E-state index in [9.17, 15) is 19.0 Å². The second-order valence-electron chi connectivity index (χ2n) is 18.9. The first-order chi connectivity index (χ1) is 31.0. The fourth-order valence-corrected chi connectivity index (χ4v) is 7.92. The van der Waals surface area contributed by atoms with Gasteiger partial charge in [0, 0.05) is 12.8 Å². The van der Waals surface area contributed by atoms with Gasteiger partial charge in [-0.15, -0.1) is 0 Å². The number of esters is 2. The molecule has 0 aliphatic rings. The largest absolute Gasteiger partial charge is 0.472 e. The van der Waals surface area contributed by atoms with Crippen LogP contribution in [0.5, 0.6) is 0 Å². The minimum absolute atomic E-state index is 0.0234. The van der Waals surface area contributed by atoms with E-state index in [-0.39, 0.29) is 26.1 Å². The molecule has 0 aliphatic heterocycles. The number of phosphoric ester groups is 1. The van der Waals surface area contributed by atoms with E-state index in [4.69, 9.17) is 18.5 Å². The van der Waals surface area contributed by atoms with Gasteiger partial charge in [0.15, 0.2) is 6.10 Å². The predicted molar refractivity (Wildman–Crippen MR) is 270 cm³/mol. The maximum atomic E-state index is 12.7. The molecule has 9 nitrogen and oxygen atoms in total. The molecular formula is C54H101NO8P+. The summed E-state index contributed by atoms with van der Waals surface area (Å²) >= 11 is 0. The van der Waals surface area contributed by atoms with Crippen LogP contribution in [0.15, 0.2) is 48.6 Å². The Labute approximate surface area is 394 Å². The van der Waals surface area contributed by atoms with Gasteiger partial charge in [-0.2, -0.15) is 0 Å². The van der Waals surface area contributed by atoms with Crippen molar-refractivity contribution in [2.75, 3.05) is 47.5 Å². The Morgan fingerprint density at radius 2 is 0.875 bits per heavy atom. The number of carbonyl (C=O) groups excluding carboxylic acids is 2. The average molecular weight is 923 g/mol. The van der Waals surface area contributed by atoms with Crippen LogP contribution in [0.3, 0.4) is 0 Å². The standard InChI is InChI=1S/C54H100NO8P/c1-6-8-10-12-14-16-18-20-22-24-25-26-27-28-29-31-32-34-36-38-40-42-44-46-53(56)60-50-52(51-62-64(58,59)61-49-48-55(3,4)5)63-54(57)47-45-43-41-39-37-35-33-30-23-21-19-17-15-13-11-9-7-2/h15,17,21,23,31-32,38,40,52H,6-14,16,18-20,22,24-30,33-37,39,41-51H2,1-5H3/p+1/b17-15+,23-21+,32-31+,40-38+/t52-/m0/s1. The lowest BCUT2D eigenvalue weighted by Crippen LogP contribution is -2.37. The highest BCUT2D eigenvalue weighted by molar-refractivity contribution is 7.47. The van der Waals surface area contributed by atoms with Crippen LogP contribution in [0.4, 0.5) is 0 Å². The highest BCUT2D eigenvalue weighted by Crippen LogP contribution is 2.43. The molecular weight excluding hydrogens is 822 g/mol. The zero-order chi connectivity index (χ0) is 47.1. The van der Waals surface area contributed by atoms with Gasteiger partial charge in [0.2, 0.25) is 0 Å². The summed E-state index contributed by atoms with van der Waals surface area (Å²) in [6.45, 7) is 4.37. The minimum Gasteiger partial charge on any atom is -0.462 e. The predicted octanol–water partition coefficient (Wildman–Crippen LogP) is 15.8. The van der Waals surface area contributed by atoms with E-state index in [2.05, 4.69) is 62.5 Å². The van der Waals surface area contributed by atoms with E-state index in [0.29, 0.717) is 23.9 Å². The monoisotopic (exact) mass is 923 g/mol. The molecule has 0 spiro atoms. The Hall–Kier alpha value is -2.03. The van der Waals surface area contributed by atoms with Gasteiger partial charge in [0.1, 0.15) is 19.8 Å². The molecule has 0 bridgehead atoms. The van der Waals surface area contributed by atoms with E-state index in [1.807, 2.05) is 21.1 Å². The van der Waals surface area contributed by atoms with Crippen molar-refractivity contribution in [3.63, 3.8) is 0 Å². The molecule has 0 aromatic carbocycles. The lowest BCUT2D eigenvalue weighted by Gasteiger charge is -2.24. The second kappa shape index (κ2) is 46.1. The van der Waals surface area contributed by atoms with Crippen molar-refractivity contribution in [1.29, 1.82) is 0 Å². The van der Waals surface area contributed by atoms with E-state index in [0.717, 1.165) is 57.8 Å². The fourth-order valence-electron chi connectivity index (χ4n) is 7.18. The quantitative estimate of drug-likeness (QED) is 0.0211. The van der Waals surface area contributed by atoms with Gasteiger partial charge in [-0.25, -0.2) is 4.57 Å². The molecule has 0 saturated heterocycles. The van der Waals surface area contributed by atoms with Crippen LogP contribution < -0.4 is 0 Å². The third-order valence-corrected chi connectivity index (χ3v) is 12.3. The summed E-state index contributed by atoms with van der Waals surface area (Å²) in [4.78, 5) is 35.5. The van der Waals surface area contributed by atoms with E-state index in [1.165, 1.54) is 135 Å². The molecule has 2 atom stereocenters. The molecule has 10 heteroatoms.